The molecule has 192 valence electrons. The van der Waals surface area contributed by atoms with Crippen LogP contribution in [0, 0.1) is 5.82 Å². The van der Waals surface area contributed by atoms with Gasteiger partial charge in [-0.1, -0.05) is 29.8 Å². The van der Waals surface area contributed by atoms with E-state index in [1.807, 2.05) is 18.0 Å². The lowest BCUT2D eigenvalue weighted by Crippen LogP contribution is -2.61. The van der Waals surface area contributed by atoms with Gasteiger partial charge in [-0.15, -0.1) is 0 Å². The van der Waals surface area contributed by atoms with Crippen molar-refractivity contribution in [3.8, 4) is 5.75 Å². The van der Waals surface area contributed by atoms with Crippen LogP contribution in [0.4, 0.5) is 15.0 Å². The molecule has 1 aromatic heterocycles. The van der Waals surface area contributed by atoms with E-state index in [0.717, 1.165) is 30.2 Å². The van der Waals surface area contributed by atoms with Gasteiger partial charge < -0.3 is 14.7 Å². The number of aromatic nitrogens is 2. The average molecular weight is 526 g/mol. The molecule has 0 radical (unpaired) electrons. The van der Waals surface area contributed by atoms with E-state index in [9.17, 15) is 14.0 Å². The average Bonchev–Trinajstić information content (AvgIpc) is 3.32. The summed E-state index contributed by atoms with van der Waals surface area (Å²) >= 11 is 6.49. The van der Waals surface area contributed by atoms with Crippen molar-refractivity contribution >= 4 is 29.5 Å². The monoisotopic (exact) mass is 525 g/mol. The molecule has 37 heavy (non-hydrogen) atoms. The van der Waals surface area contributed by atoms with E-state index in [2.05, 4.69) is 9.97 Å². The molecule has 2 unspecified atom stereocenters. The first-order chi connectivity index (χ1) is 17.8. The molecule has 2 atom stereocenters. The predicted octanol–water partition coefficient (Wildman–Crippen LogP) is 5.27. The highest BCUT2D eigenvalue weighted by Crippen LogP contribution is 2.46. The van der Waals surface area contributed by atoms with Crippen LogP contribution in [0.15, 0.2) is 55.0 Å². The highest BCUT2D eigenvalue weighted by atomic mass is 35.5. The van der Waals surface area contributed by atoms with E-state index in [4.69, 9.17) is 21.4 Å². The Hall–Kier alpha value is -3.56. The minimum Gasteiger partial charge on any atom is -0.449 e. The summed E-state index contributed by atoms with van der Waals surface area (Å²) in [6.45, 7) is 1.06. The first kappa shape index (κ1) is 25.1. The van der Waals surface area contributed by atoms with Crippen LogP contribution < -0.4 is 9.64 Å². The maximum Gasteiger partial charge on any atom is 0.511 e. The van der Waals surface area contributed by atoms with Crippen LogP contribution >= 0.6 is 11.6 Å². The highest BCUT2D eigenvalue weighted by molar-refractivity contribution is 6.33. The van der Waals surface area contributed by atoms with E-state index in [0.29, 0.717) is 36.5 Å². The fourth-order valence-corrected chi connectivity index (χ4v) is 6.11. The van der Waals surface area contributed by atoms with Gasteiger partial charge in [-0.05, 0) is 36.2 Å². The van der Waals surface area contributed by atoms with Gasteiger partial charge >= 0.3 is 12.1 Å². The van der Waals surface area contributed by atoms with Crippen molar-refractivity contribution in [1.29, 1.82) is 0 Å². The predicted molar refractivity (Wildman–Crippen MR) is 135 cm³/mol. The third-order valence-corrected chi connectivity index (χ3v) is 8.06. The Bertz CT molecular complexity index is 1350. The zero-order chi connectivity index (χ0) is 26.2. The Morgan fingerprint density at radius 2 is 1.92 bits per heavy atom. The maximum absolute atomic E-state index is 14.3. The molecule has 1 saturated heterocycles. The van der Waals surface area contributed by atoms with Crippen molar-refractivity contribution in [2.75, 3.05) is 25.0 Å². The molecule has 1 fully saturated rings. The van der Waals surface area contributed by atoms with Crippen LogP contribution in [0.3, 0.4) is 0 Å². The number of carbonyl (C=O) groups is 2. The number of hydrogen-bond acceptors (Lipinski definition) is 6. The first-order valence-corrected chi connectivity index (χ1v) is 12.6. The van der Waals surface area contributed by atoms with Crippen molar-refractivity contribution in [2.45, 2.75) is 37.8 Å². The third-order valence-electron chi connectivity index (χ3n) is 7.73. The number of hydrogen-bond donors (Lipinski definition) is 1. The van der Waals surface area contributed by atoms with Gasteiger partial charge in [0.2, 0.25) is 0 Å². The van der Waals surface area contributed by atoms with E-state index >= 15 is 0 Å². The molecule has 2 aromatic carbocycles. The molecule has 3 aromatic rings. The summed E-state index contributed by atoms with van der Waals surface area (Å²) in [5.74, 6) is -0.0774. The van der Waals surface area contributed by atoms with E-state index in [-0.39, 0.29) is 34.0 Å². The molecular weight excluding hydrogens is 499 g/mol. The van der Waals surface area contributed by atoms with Crippen molar-refractivity contribution in [3.05, 3.63) is 82.5 Å². The molecule has 0 saturated carbocycles. The number of benzene rings is 2. The van der Waals surface area contributed by atoms with Crippen molar-refractivity contribution in [3.63, 3.8) is 0 Å². The van der Waals surface area contributed by atoms with E-state index in [1.165, 1.54) is 6.33 Å². The molecule has 10 heteroatoms. The van der Waals surface area contributed by atoms with Gasteiger partial charge in [0.05, 0.1) is 29.9 Å². The number of amides is 1. The molecule has 5 rings (SSSR count). The Kier molecular flexibility index (Phi) is 6.83. The Balaban J connectivity index is 1.52. The summed E-state index contributed by atoms with van der Waals surface area (Å²) < 4.78 is 19.4. The number of nitrogens with zero attached hydrogens (tertiary/aromatic N) is 4. The number of ether oxygens (including phenoxy) is 1. The van der Waals surface area contributed by atoms with Gasteiger partial charge in [0.25, 0.3) is 0 Å². The third kappa shape index (κ3) is 4.65. The van der Waals surface area contributed by atoms with Crippen LogP contribution in [-0.4, -0.2) is 57.8 Å². The van der Waals surface area contributed by atoms with Crippen LogP contribution in [-0.2, 0) is 6.42 Å². The number of halogens is 2. The Morgan fingerprint density at radius 1 is 1.16 bits per heavy atom. The summed E-state index contributed by atoms with van der Waals surface area (Å²) in [5, 5.41) is 9.50. The number of aryl methyl sites for hydroxylation is 1. The van der Waals surface area contributed by atoms with Crippen molar-refractivity contribution in [1.82, 2.24) is 9.97 Å². The van der Waals surface area contributed by atoms with Crippen molar-refractivity contribution < 1.29 is 28.3 Å². The normalized spacial score (nSPS) is 19.2. The largest absolute Gasteiger partial charge is 0.511 e. The van der Waals surface area contributed by atoms with Gasteiger partial charge in [0.1, 0.15) is 18.1 Å². The zero-order valence-electron chi connectivity index (χ0n) is 20.3. The Morgan fingerprint density at radius 3 is 2.62 bits per heavy atom. The number of piperidine rings is 1. The van der Waals surface area contributed by atoms with Gasteiger partial charge in [-0.25, -0.2) is 28.4 Å². The lowest BCUT2D eigenvalue weighted by Gasteiger charge is -2.47. The molecule has 1 amide bonds. The Labute approximate surface area is 218 Å². The standard InChI is InChI=1S/C27H26ClFN4O4/c1-33(26(34)20-4-2-3-5-22(20)28,18-10-12-32(13-11-18)25-23(29)15-30-16-31-25)24-9-7-17-6-8-19(14-21(17)24)37-27(35)36/h2-6,8,14-16,18,24H,7,9-13H2,1H3/p+1. The highest BCUT2D eigenvalue weighted by Gasteiger charge is 2.51. The lowest BCUT2D eigenvalue weighted by atomic mass is 9.93. The summed E-state index contributed by atoms with van der Waals surface area (Å²) in [6.07, 6.45) is 3.85. The van der Waals surface area contributed by atoms with Gasteiger partial charge in [0.15, 0.2) is 11.6 Å². The first-order valence-electron chi connectivity index (χ1n) is 12.2. The topological polar surface area (TPSA) is 92.6 Å². The number of quaternary nitrogens is 1. The minimum absolute atomic E-state index is 0.0767. The summed E-state index contributed by atoms with van der Waals surface area (Å²) in [5.41, 5.74) is 2.42. The van der Waals surface area contributed by atoms with Gasteiger partial charge in [0, 0.05) is 37.9 Å². The SMILES string of the molecule is C[N+](C(=O)c1ccccc1Cl)(C1CCN(c2ncncc2F)CC1)C1CCc2ccc(OC(=O)O)cc21. The molecule has 2 aliphatic rings. The summed E-state index contributed by atoms with van der Waals surface area (Å²) in [7, 11) is 1.95. The number of rotatable bonds is 5. The summed E-state index contributed by atoms with van der Waals surface area (Å²) in [4.78, 5) is 35.2. The van der Waals surface area contributed by atoms with Crippen LogP contribution in [0.1, 0.15) is 46.8 Å². The molecule has 2 heterocycles. The van der Waals surface area contributed by atoms with Crippen molar-refractivity contribution in [2.24, 2.45) is 0 Å². The number of carboxylic acid groups (broad SMARTS) is 1. The van der Waals surface area contributed by atoms with E-state index in [1.54, 1.807) is 36.4 Å². The van der Waals surface area contributed by atoms with Gasteiger partial charge in [-0.2, -0.15) is 0 Å². The molecule has 1 aliphatic heterocycles. The second-order valence-corrected chi connectivity index (χ2v) is 10.0. The number of anilines is 1. The van der Waals surface area contributed by atoms with Crippen LogP contribution in [0.2, 0.25) is 5.02 Å². The molecule has 1 aliphatic carbocycles. The summed E-state index contributed by atoms with van der Waals surface area (Å²) in [6, 6.07) is 12.0. The fourth-order valence-electron chi connectivity index (χ4n) is 5.89. The fraction of sp³-hybridized carbons (Fsp3) is 0.333. The second kappa shape index (κ2) is 10.1. The lowest BCUT2D eigenvalue weighted by molar-refractivity contribution is -0.887. The number of carbonyl (C=O) groups excluding carboxylic acids is 1. The molecule has 0 spiro atoms. The smallest absolute Gasteiger partial charge is 0.449 e. The quantitative estimate of drug-likeness (QED) is 0.275. The zero-order valence-corrected chi connectivity index (χ0v) is 21.1. The molecule has 1 N–H and O–H groups in total. The van der Waals surface area contributed by atoms with E-state index < -0.39 is 12.0 Å². The number of fused-ring (bicyclic) bond motifs is 1. The van der Waals surface area contributed by atoms with Crippen LogP contribution in [0.5, 0.6) is 5.75 Å². The minimum atomic E-state index is -1.39. The second-order valence-electron chi connectivity index (χ2n) is 9.63. The van der Waals surface area contributed by atoms with Gasteiger partial charge in [-0.3, -0.25) is 0 Å². The molecule has 8 nitrogen and oxygen atoms in total. The maximum atomic E-state index is 14.3. The molecule has 0 bridgehead atoms. The van der Waals surface area contributed by atoms with Crippen LogP contribution in [0.25, 0.3) is 0 Å². The molecular formula is C27H27ClFN4O4+.